The summed E-state index contributed by atoms with van der Waals surface area (Å²) in [4.78, 5) is 14.8. The number of rotatable bonds is 3. The van der Waals surface area contributed by atoms with Crippen molar-refractivity contribution in [1.82, 2.24) is 0 Å². The first-order valence-electron chi connectivity index (χ1n) is 5.39. The normalized spacial score (nSPS) is 20.5. The standard InChI is InChI=1S/C12H16N2OS/c1-16-11-4-2-3-10(6-11)14-8-9(7-13)5-12(14)15/h2-4,6,9H,5,7-8,13H2,1H3. The van der Waals surface area contributed by atoms with Crippen LogP contribution in [-0.2, 0) is 4.79 Å². The van der Waals surface area contributed by atoms with Crippen molar-refractivity contribution < 1.29 is 4.79 Å². The number of nitrogens with two attached hydrogens (primary N) is 1. The molecule has 1 aromatic rings. The van der Waals surface area contributed by atoms with Gasteiger partial charge in [-0.25, -0.2) is 0 Å². The number of benzene rings is 1. The maximum atomic E-state index is 11.8. The molecular formula is C12H16N2OS. The molecule has 0 saturated carbocycles. The van der Waals surface area contributed by atoms with Crippen LogP contribution >= 0.6 is 11.8 Å². The SMILES string of the molecule is CSc1cccc(N2CC(CN)CC2=O)c1. The highest BCUT2D eigenvalue weighted by atomic mass is 32.2. The summed E-state index contributed by atoms with van der Waals surface area (Å²) in [6.07, 6.45) is 2.62. The number of hydrogen-bond donors (Lipinski definition) is 1. The van der Waals surface area contributed by atoms with E-state index >= 15 is 0 Å². The minimum Gasteiger partial charge on any atom is -0.330 e. The predicted octanol–water partition coefficient (Wildman–Crippen LogP) is 1.72. The molecule has 86 valence electrons. The van der Waals surface area contributed by atoms with E-state index in [4.69, 9.17) is 5.73 Å². The Balaban J connectivity index is 2.20. The molecule has 3 nitrogen and oxygen atoms in total. The zero-order chi connectivity index (χ0) is 11.5. The molecule has 0 aromatic heterocycles. The van der Waals surface area contributed by atoms with Gasteiger partial charge in [0.2, 0.25) is 5.91 Å². The highest BCUT2D eigenvalue weighted by Gasteiger charge is 2.29. The minimum absolute atomic E-state index is 0.189. The summed E-state index contributed by atoms with van der Waals surface area (Å²) in [5, 5.41) is 0. The van der Waals surface area contributed by atoms with E-state index in [9.17, 15) is 4.79 Å². The summed E-state index contributed by atoms with van der Waals surface area (Å²) in [6.45, 7) is 1.34. The number of carbonyl (C=O) groups excluding carboxylic acids is 1. The molecule has 0 bridgehead atoms. The molecule has 1 atom stereocenters. The Hall–Kier alpha value is -1.00. The van der Waals surface area contributed by atoms with Gasteiger partial charge in [0, 0.05) is 23.5 Å². The van der Waals surface area contributed by atoms with Gasteiger partial charge in [-0.15, -0.1) is 11.8 Å². The molecule has 1 heterocycles. The molecule has 1 unspecified atom stereocenters. The molecule has 1 fully saturated rings. The molecule has 16 heavy (non-hydrogen) atoms. The van der Waals surface area contributed by atoms with Crippen molar-refractivity contribution in [1.29, 1.82) is 0 Å². The summed E-state index contributed by atoms with van der Waals surface area (Å²) in [6, 6.07) is 8.08. The van der Waals surface area contributed by atoms with E-state index in [1.807, 2.05) is 23.3 Å². The summed E-state index contributed by atoms with van der Waals surface area (Å²) in [7, 11) is 0. The zero-order valence-electron chi connectivity index (χ0n) is 9.35. The summed E-state index contributed by atoms with van der Waals surface area (Å²) in [5.74, 6) is 0.499. The van der Waals surface area contributed by atoms with Crippen molar-refractivity contribution in [2.45, 2.75) is 11.3 Å². The van der Waals surface area contributed by atoms with Gasteiger partial charge in [0.15, 0.2) is 0 Å². The van der Waals surface area contributed by atoms with Crippen molar-refractivity contribution in [3.05, 3.63) is 24.3 Å². The third kappa shape index (κ3) is 2.23. The highest BCUT2D eigenvalue weighted by molar-refractivity contribution is 7.98. The van der Waals surface area contributed by atoms with Crippen LogP contribution in [-0.4, -0.2) is 25.3 Å². The van der Waals surface area contributed by atoms with E-state index in [-0.39, 0.29) is 5.91 Å². The van der Waals surface area contributed by atoms with Gasteiger partial charge in [0.1, 0.15) is 0 Å². The number of thioether (sulfide) groups is 1. The van der Waals surface area contributed by atoms with Crippen LogP contribution in [0.4, 0.5) is 5.69 Å². The Morgan fingerprint density at radius 2 is 2.38 bits per heavy atom. The van der Waals surface area contributed by atoms with Gasteiger partial charge >= 0.3 is 0 Å². The molecule has 1 aromatic carbocycles. The number of anilines is 1. The summed E-state index contributed by atoms with van der Waals surface area (Å²) in [5.41, 5.74) is 6.60. The van der Waals surface area contributed by atoms with Gasteiger partial charge in [0.25, 0.3) is 0 Å². The minimum atomic E-state index is 0.189. The second-order valence-electron chi connectivity index (χ2n) is 4.01. The lowest BCUT2D eigenvalue weighted by Gasteiger charge is -2.17. The third-order valence-corrected chi connectivity index (χ3v) is 3.63. The first-order valence-corrected chi connectivity index (χ1v) is 6.61. The molecule has 0 radical (unpaired) electrons. The highest BCUT2D eigenvalue weighted by Crippen LogP contribution is 2.27. The second kappa shape index (κ2) is 4.89. The first-order chi connectivity index (χ1) is 7.74. The van der Waals surface area contributed by atoms with Crippen molar-refractivity contribution >= 4 is 23.4 Å². The fourth-order valence-electron chi connectivity index (χ4n) is 1.97. The Bertz CT molecular complexity index is 394. The number of amides is 1. The van der Waals surface area contributed by atoms with E-state index in [2.05, 4.69) is 12.1 Å². The quantitative estimate of drug-likeness (QED) is 0.813. The number of carbonyl (C=O) groups is 1. The van der Waals surface area contributed by atoms with Crippen LogP contribution in [0.1, 0.15) is 6.42 Å². The topological polar surface area (TPSA) is 46.3 Å². The fourth-order valence-corrected chi connectivity index (χ4v) is 2.42. The maximum absolute atomic E-state index is 11.8. The molecule has 1 amide bonds. The average Bonchev–Trinajstić information content (AvgIpc) is 2.71. The molecule has 1 aliphatic rings. The third-order valence-electron chi connectivity index (χ3n) is 2.90. The molecule has 1 aliphatic heterocycles. The molecule has 2 rings (SSSR count). The van der Waals surface area contributed by atoms with Crippen molar-refractivity contribution in [3.63, 3.8) is 0 Å². The van der Waals surface area contributed by atoms with Gasteiger partial charge in [0.05, 0.1) is 0 Å². The zero-order valence-corrected chi connectivity index (χ0v) is 10.2. The smallest absolute Gasteiger partial charge is 0.227 e. The Morgan fingerprint density at radius 3 is 3.00 bits per heavy atom. The monoisotopic (exact) mass is 236 g/mol. The van der Waals surface area contributed by atoms with Gasteiger partial charge in [-0.3, -0.25) is 4.79 Å². The van der Waals surface area contributed by atoms with Crippen LogP contribution < -0.4 is 10.6 Å². The molecule has 1 saturated heterocycles. The van der Waals surface area contributed by atoms with Crippen LogP contribution in [0.5, 0.6) is 0 Å². The van der Waals surface area contributed by atoms with Crippen LogP contribution in [0.15, 0.2) is 29.2 Å². The van der Waals surface area contributed by atoms with E-state index in [1.54, 1.807) is 11.8 Å². The first kappa shape index (κ1) is 11.5. The van der Waals surface area contributed by atoms with Crippen molar-refractivity contribution in [3.8, 4) is 0 Å². The van der Waals surface area contributed by atoms with Gasteiger partial charge in [-0.05, 0) is 36.9 Å². The number of hydrogen-bond acceptors (Lipinski definition) is 3. The van der Waals surface area contributed by atoms with Crippen molar-refractivity contribution in [2.24, 2.45) is 11.7 Å². The largest absolute Gasteiger partial charge is 0.330 e. The summed E-state index contributed by atoms with van der Waals surface area (Å²) < 4.78 is 0. The molecule has 0 spiro atoms. The van der Waals surface area contributed by atoms with Gasteiger partial charge in [-0.2, -0.15) is 0 Å². The predicted molar refractivity (Wildman–Crippen MR) is 67.7 cm³/mol. The molecule has 0 aliphatic carbocycles. The van der Waals surface area contributed by atoms with Crippen molar-refractivity contribution in [2.75, 3.05) is 24.2 Å². The maximum Gasteiger partial charge on any atom is 0.227 e. The van der Waals surface area contributed by atoms with Gasteiger partial charge in [-0.1, -0.05) is 6.07 Å². The van der Waals surface area contributed by atoms with Crippen LogP contribution in [0.3, 0.4) is 0 Å². The van der Waals surface area contributed by atoms with E-state index in [0.29, 0.717) is 18.9 Å². The van der Waals surface area contributed by atoms with Crippen LogP contribution in [0, 0.1) is 5.92 Å². The van der Waals surface area contributed by atoms with E-state index in [0.717, 1.165) is 12.2 Å². The van der Waals surface area contributed by atoms with Gasteiger partial charge < -0.3 is 10.6 Å². The second-order valence-corrected chi connectivity index (χ2v) is 4.89. The lowest BCUT2D eigenvalue weighted by atomic mass is 10.1. The summed E-state index contributed by atoms with van der Waals surface area (Å²) >= 11 is 1.69. The average molecular weight is 236 g/mol. The Kier molecular flexibility index (Phi) is 3.51. The number of nitrogens with zero attached hydrogens (tertiary/aromatic N) is 1. The molecule has 2 N–H and O–H groups in total. The van der Waals surface area contributed by atoms with Crippen LogP contribution in [0.25, 0.3) is 0 Å². The van der Waals surface area contributed by atoms with E-state index in [1.165, 1.54) is 4.90 Å². The lowest BCUT2D eigenvalue weighted by Crippen LogP contribution is -2.25. The molecule has 4 heteroatoms. The molecular weight excluding hydrogens is 220 g/mol. The Labute approximate surface area is 100.0 Å². The lowest BCUT2D eigenvalue weighted by molar-refractivity contribution is -0.117. The fraction of sp³-hybridized carbons (Fsp3) is 0.417. The Morgan fingerprint density at radius 1 is 1.56 bits per heavy atom. The van der Waals surface area contributed by atoms with E-state index < -0.39 is 0 Å². The van der Waals surface area contributed by atoms with Crippen LogP contribution in [0.2, 0.25) is 0 Å².